The van der Waals surface area contributed by atoms with Crippen LogP contribution in [0.1, 0.15) is 79.1 Å². The van der Waals surface area contributed by atoms with Crippen LogP contribution in [0.15, 0.2) is 0 Å². The average Bonchev–Trinajstić information content (AvgIpc) is 2.39. The molecule has 1 rings (SSSR count). The molecular weight excluding hydrogens is 236 g/mol. The quantitative estimate of drug-likeness (QED) is 0.634. The normalized spacial score (nSPS) is 19.4. The summed E-state index contributed by atoms with van der Waals surface area (Å²) >= 11 is 0. The van der Waals surface area contributed by atoms with Crippen molar-refractivity contribution in [3.05, 3.63) is 0 Å². The van der Waals surface area contributed by atoms with Gasteiger partial charge in [-0.15, -0.1) is 0 Å². The first kappa shape index (κ1) is 16.7. The third-order valence-corrected chi connectivity index (χ3v) is 4.76. The Balaban J connectivity index is 2.16. The minimum atomic E-state index is -0.193. The summed E-state index contributed by atoms with van der Waals surface area (Å²) in [5, 5.41) is 0. The van der Waals surface area contributed by atoms with Gasteiger partial charge in [-0.05, 0) is 25.7 Å². The Labute approximate surface area is 119 Å². The topological polar surface area (TPSA) is 26.3 Å². The summed E-state index contributed by atoms with van der Waals surface area (Å²) in [5.74, 6) is 1.20. The molecule has 112 valence electrons. The molecule has 0 bridgehead atoms. The third-order valence-electron chi connectivity index (χ3n) is 4.76. The number of hydrogen-bond acceptors (Lipinski definition) is 2. The second-order valence-corrected chi connectivity index (χ2v) is 6.84. The Morgan fingerprint density at radius 1 is 1.26 bits per heavy atom. The van der Waals surface area contributed by atoms with Crippen molar-refractivity contribution in [1.29, 1.82) is 0 Å². The van der Waals surface area contributed by atoms with Gasteiger partial charge in [0.25, 0.3) is 0 Å². The molecular formula is C17H32O2. The Morgan fingerprint density at radius 2 is 1.89 bits per heavy atom. The van der Waals surface area contributed by atoms with E-state index >= 15 is 0 Å². The molecule has 0 amide bonds. The molecule has 0 aliphatic heterocycles. The molecule has 1 saturated carbocycles. The van der Waals surface area contributed by atoms with Crippen LogP contribution in [-0.4, -0.2) is 18.5 Å². The van der Waals surface area contributed by atoms with Crippen molar-refractivity contribution < 1.29 is 9.53 Å². The lowest BCUT2D eigenvalue weighted by Gasteiger charge is -2.24. The van der Waals surface area contributed by atoms with Gasteiger partial charge in [0.2, 0.25) is 0 Å². The van der Waals surface area contributed by atoms with E-state index in [-0.39, 0.29) is 11.5 Å². The lowest BCUT2D eigenvalue weighted by atomic mass is 9.83. The summed E-state index contributed by atoms with van der Waals surface area (Å²) in [6.45, 7) is 9.00. The minimum Gasteiger partial charge on any atom is -0.378 e. The van der Waals surface area contributed by atoms with Crippen LogP contribution in [0.25, 0.3) is 0 Å². The zero-order chi connectivity index (χ0) is 14.3. The molecule has 0 aromatic heterocycles. The van der Waals surface area contributed by atoms with E-state index in [2.05, 4.69) is 6.92 Å². The average molecular weight is 268 g/mol. The molecule has 0 aromatic rings. The summed E-state index contributed by atoms with van der Waals surface area (Å²) in [7, 11) is 0. The maximum atomic E-state index is 12.1. The fraction of sp³-hybridized carbons (Fsp3) is 0.941. The lowest BCUT2D eigenvalue weighted by Crippen LogP contribution is -2.27. The number of hydrogen-bond donors (Lipinski definition) is 0. The molecule has 0 N–H and O–H groups in total. The summed E-state index contributed by atoms with van der Waals surface area (Å²) in [5.41, 5.74) is -0.193. The molecule has 1 aliphatic rings. The van der Waals surface area contributed by atoms with E-state index in [0.29, 0.717) is 12.2 Å². The molecule has 1 aliphatic carbocycles. The Bertz CT molecular complexity index is 264. The fourth-order valence-electron chi connectivity index (χ4n) is 2.71. The zero-order valence-electron chi connectivity index (χ0n) is 13.3. The number of carbonyl (C=O) groups excluding carboxylic acids is 1. The van der Waals surface area contributed by atoms with Gasteiger partial charge in [0, 0.05) is 18.4 Å². The van der Waals surface area contributed by atoms with Crippen molar-refractivity contribution in [2.75, 3.05) is 6.61 Å². The van der Waals surface area contributed by atoms with Crippen molar-refractivity contribution in [3.63, 3.8) is 0 Å². The number of carbonyl (C=O) groups is 1. The van der Waals surface area contributed by atoms with Gasteiger partial charge in [0.1, 0.15) is 5.78 Å². The smallest absolute Gasteiger partial charge is 0.141 e. The Kier molecular flexibility index (Phi) is 7.06. The SMILES string of the molecule is CCC(C)(C)C(=O)CC(C)OCCC1CCCCC1. The van der Waals surface area contributed by atoms with Gasteiger partial charge in [-0.25, -0.2) is 0 Å². The van der Waals surface area contributed by atoms with Crippen molar-refractivity contribution in [2.24, 2.45) is 11.3 Å². The molecule has 2 nitrogen and oxygen atoms in total. The van der Waals surface area contributed by atoms with Crippen molar-refractivity contribution in [1.82, 2.24) is 0 Å². The van der Waals surface area contributed by atoms with Gasteiger partial charge in [-0.2, -0.15) is 0 Å². The van der Waals surface area contributed by atoms with Crippen LogP contribution < -0.4 is 0 Å². The molecule has 0 radical (unpaired) electrons. The van der Waals surface area contributed by atoms with E-state index in [1.807, 2.05) is 20.8 Å². The van der Waals surface area contributed by atoms with Gasteiger partial charge >= 0.3 is 0 Å². The lowest BCUT2D eigenvalue weighted by molar-refractivity contribution is -0.130. The Hall–Kier alpha value is -0.370. The third kappa shape index (κ3) is 6.07. The highest BCUT2D eigenvalue weighted by Gasteiger charge is 2.26. The van der Waals surface area contributed by atoms with Crippen LogP contribution in [0, 0.1) is 11.3 Å². The summed E-state index contributed by atoms with van der Waals surface area (Å²) in [4.78, 5) is 12.1. The summed E-state index contributed by atoms with van der Waals surface area (Å²) < 4.78 is 5.83. The highest BCUT2D eigenvalue weighted by molar-refractivity contribution is 5.84. The summed E-state index contributed by atoms with van der Waals surface area (Å²) in [6.07, 6.45) is 9.66. The fourth-order valence-corrected chi connectivity index (χ4v) is 2.71. The van der Waals surface area contributed by atoms with E-state index in [1.54, 1.807) is 0 Å². The van der Waals surface area contributed by atoms with Crippen LogP contribution in [0.4, 0.5) is 0 Å². The minimum absolute atomic E-state index is 0.0712. The zero-order valence-corrected chi connectivity index (χ0v) is 13.3. The van der Waals surface area contributed by atoms with Crippen molar-refractivity contribution >= 4 is 5.78 Å². The number of ether oxygens (including phenoxy) is 1. The molecule has 0 aromatic carbocycles. The van der Waals surface area contributed by atoms with Gasteiger partial charge < -0.3 is 4.74 Å². The highest BCUT2D eigenvalue weighted by atomic mass is 16.5. The molecule has 0 saturated heterocycles. The van der Waals surface area contributed by atoms with Gasteiger partial charge in [0.05, 0.1) is 6.10 Å². The predicted octanol–water partition coefficient (Wildman–Crippen LogP) is 4.76. The second-order valence-electron chi connectivity index (χ2n) is 6.84. The highest BCUT2D eigenvalue weighted by Crippen LogP contribution is 2.27. The first-order valence-electron chi connectivity index (χ1n) is 8.10. The van der Waals surface area contributed by atoms with E-state index in [1.165, 1.54) is 38.5 Å². The molecule has 19 heavy (non-hydrogen) atoms. The van der Waals surface area contributed by atoms with Crippen LogP contribution in [0.3, 0.4) is 0 Å². The molecule has 1 atom stereocenters. The molecule has 0 heterocycles. The Morgan fingerprint density at radius 3 is 2.47 bits per heavy atom. The monoisotopic (exact) mass is 268 g/mol. The first-order valence-corrected chi connectivity index (χ1v) is 8.10. The maximum absolute atomic E-state index is 12.1. The number of Topliss-reactive ketones (excluding diaryl/α,β-unsaturated/α-hetero) is 1. The van der Waals surface area contributed by atoms with Gasteiger partial charge in [-0.3, -0.25) is 4.79 Å². The van der Waals surface area contributed by atoms with Gasteiger partial charge in [-0.1, -0.05) is 52.9 Å². The van der Waals surface area contributed by atoms with Crippen LogP contribution >= 0.6 is 0 Å². The molecule has 1 unspecified atom stereocenters. The maximum Gasteiger partial charge on any atom is 0.141 e. The van der Waals surface area contributed by atoms with Crippen LogP contribution in [-0.2, 0) is 9.53 Å². The first-order chi connectivity index (χ1) is 8.95. The van der Waals surface area contributed by atoms with E-state index in [4.69, 9.17) is 4.74 Å². The van der Waals surface area contributed by atoms with Crippen molar-refractivity contribution in [2.45, 2.75) is 85.2 Å². The number of ketones is 1. The summed E-state index contributed by atoms with van der Waals surface area (Å²) in [6, 6.07) is 0. The van der Waals surface area contributed by atoms with E-state index in [0.717, 1.165) is 18.9 Å². The molecule has 0 spiro atoms. The van der Waals surface area contributed by atoms with Crippen molar-refractivity contribution in [3.8, 4) is 0 Å². The van der Waals surface area contributed by atoms with Gasteiger partial charge in [0.15, 0.2) is 0 Å². The van der Waals surface area contributed by atoms with Crippen LogP contribution in [0.2, 0.25) is 0 Å². The standard InChI is InChI=1S/C17H32O2/c1-5-17(3,4)16(18)13-14(2)19-12-11-15-9-7-6-8-10-15/h14-15H,5-13H2,1-4H3. The second kappa shape index (κ2) is 8.04. The van der Waals surface area contributed by atoms with Crippen LogP contribution in [0.5, 0.6) is 0 Å². The molecule has 1 fully saturated rings. The number of rotatable bonds is 8. The predicted molar refractivity (Wildman–Crippen MR) is 80.3 cm³/mol. The van der Waals surface area contributed by atoms with E-state index < -0.39 is 0 Å². The largest absolute Gasteiger partial charge is 0.378 e. The molecule has 2 heteroatoms. The van der Waals surface area contributed by atoms with E-state index in [9.17, 15) is 4.79 Å².